The molecule has 5 nitrogen and oxygen atoms in total. The molecule has 0 spiro atoms. The van der Waals surface area contributed by atoms with Crippen LogP contribution in [0.25, 0.3) is 5.69 Å². The lowest BCUT2D eigenvalue weighted by Crippen LogP contribution is -2.45. The van der Waals surface area contributed by atoms with Crippen molar-refractivity contribution in [1.82, 2.24) is 9.24 Å². The van der Waals surface area contributed by atoms with Crippen LogP contribution in [0, 0.1) is 17.3 Å². The van der Waals surface area contributed by atoms with E-state index in [-0.39, 0.29) is 22.0 Å². The molecule has 0 aliphatic rings. The molecule has 0 saturated carbocycles. The number of halogens is 4. The average molecular weight is 397 g/mol. The normalized spacial score (nSPS) is 11.6. The second-order valence-electron chi connectivity index (χ2n) is 6.19. The number of hydrogen-bond acceptors (Lipinski definition) is 3. The van der Waals surface area contributed by atoms with Gasteiger partial charge in [0.15, 0.2) is 13.8 Å². The van der Waals surface area contributed by atoms with Crippen LogP contribution >= 0.6 is 0 Å². The van der Waals surface area contributed by atoms with Crippen molar-refractivity contribution in [2.45, 2.75) is 19.3 Å². The first kappa shape index (κ1) is 20.3. The molecule has 2 rings (SSSR count). The van der Waals surface area contributed by atoms with Crippen LogP contribution in [0.15, 0.2) is 46.1 Å². The highest BCUT2D eigenvalue weighted by molar-refractivity contribution is 6.89. The molecular weight excluding hydrogens is 382 g/mol. The molecule has 0 saturated heterocycles. The van der Waals surface area contributed by atoms with E-state index < -0.39 is 37.0 Å². The van der Waals surface area contributed by atoms with Crippen molar-refractivity contribution in [3.8, 4) is 17.2 Å². The summed E-state index contributed by atoms with van der Waals surface area (Å²) in [7, 11) is -2.01. The molecule has 10 heteroatoms. The quantitative estimate of drug-likeness (QED) is 0.366. The Kier molecular flexibility index (Phi) is 5.19. The van der Waals surface area contributed by atoms with Gasteiger partial charge in [0.1, 0.15) is 5.82 Å². The van der Waals surface area contributed by atoms with E-state index in [1.807, 2.05) is 13.1 Å². The zero-order chi connectivity index (χ0) is 20.6. The molecule has 0 amide bonds. The zero-order valence-electron chi connectivity index (χ0n) is 14.4. The number of hydrogen-bond donors (Lipinski definition) is 1. The molecule has 1 aromatic carbocycles. The molecule has 1 heterocycles. The lowest BCUT2D eigenvalue weighted by Gasteiger charge is -2.13. The second-order valence-corrected chi connectivity index (χ2v) is 10.3. The molecule has 0 bridgehead atoms. The molecule has 2 N–H and O–H groups in total. The fourth-order valence-electron chi connectivity index (χ4n) is 2.04. The summed E-state index contributed by atoms with van der Waals surface area (Å²) >= 11 is 0. The van der Waals surface area contributed by atoms with Gasteiger partial charge in [-0.1, -0.05) is 24.7 Å². The minimum absolute atomic E-state index is 0.0224. The molecule has 0 radical (unpaired) electrons. The number of alkyl halides is 3. The molecular formula is C17H15F4N3O2Si. The van der Waals surface area contributed by atoms with Gasteiger partial charge in [0.2, 0.25) is 0 Å². The number of aromatic nitrogens is 2. The molecule has 0 atom stereocenters. The van der Waals surface area contributed by atoms with Gasteiger partial charge in [-0.05, 0) is 18.2 Å². The fourth-order valence-corrected chi connectivity index (χ4v) is 2.60. The van der Waals surface area contributed by atoms with Crippen molar-refractivity contribution in [3.05, 3.63) is 74.5 Å². The van der Waals surface area contributed by atoms with Crippen molar-refractivity contribution >= 4 is 8.07 Å². The van der Waals surface area contributed by atoms with E-state index in [4.69, 9.17) is 5.84 Å². The Morgan fingerprint density at radius 3 is 2.37 bits per heavy atom. The first-order chi connectivity index (χ1) is 12.4. The Balaban J connectivity index is 2.60. The molecule has 27 heavy (non-hydrogen) atoms. The third kappa shape index (κ3) is 4.20. The maximum Gasteiger partial charge on any atom is 0.433 e. The van der Waals surface area contributed by atoms with Gasteiger partial charge in [0.05, 0.1) is 11.3 Å². The van der Waals surface area contributed by atoms with Crippen LogP contribution < -0.4 is 17.1 Å². The fraction of sp³-hybridized carbons (Fsp3) is 0.176. The third-order valence-corrected chi connectivity index (χ3v) is 5.46. The topological polar surface area (TPSA) is 70.0 Å². The SMILES string of the molecule is C=C[Si](C)(C)C#Cc1ccc(-n2c(=O)cc(C(F)(F)F)n(N)c2=O)cc1F. The van der Waals surface area contributed by atoms with Gasteiger partial charge >= 0.3 is 11.9 Å². The van der Waals surface area contributed by atoms with Crippen LogP contribution in [0.4, 0.5) is 17.6 Å². The van der Waals surface area contributed by atoms with Crippen molar-refractivity contribution in [3.63, 3.8) is 0 Å². The van der Waals surface area contributed by atoms with Crippen LogP contribution in [0.3, 0.4) is 0 Å². The Morgan fingerprint density at radius 1 is 1.22 bits per heavy atom. The number of rotatable bonds is 2. The minimum atomic E-state index is -4.99. The van der Waals surface area contributed by atoms with Crippen molar-refractivity contribution in [1.29, 1.82) is 0 Å². The Morgan fingerprint density at radius 2 is 1.85 bits per heavy atom. The minimum Gasteiger partial charge on any atom is -0.335 e. The monoisotopic (exact) mass is 397 g/mol. The number of benzene rings is 1. The van der Waals surface area contributed by atoms with Crippen LogP contribution in [0.2, 0.25) is 13.1 Å². The molecule has 0 aliphatic carbocycles. The molecule has 0 aliphatic heterocycles. The Bertz CT molecular complexity index is 1090. The van der Waals surface area contributed by atoms with Gasteiger partial charge in [-0.3, -0.25) is 4.79 Å². The predicted molar refractivity (Wildman–Crippen MR) is 96.0 cm³/mol. The summed E-state index contributed by atoms with van der Waals surface area (Å²) in [5, 5.41) is 0. The molecule has 2 aromatic rings. The van der Waals surface area contributed by atoms with Gasteiger partial charge in [-0.25, -0.2) is 18.4 Å². The smallest absolute Gasteiger partial charge is 0.335 e. The van der Waals surface area contributed by atoms with E-state index in [0.717, 1.165) is 6.07 Å². The van der Waals surface area contributed by atoms with E-state index in [2.05, 4.69) is 18.0 Å². The highest BCUT2D eigenvalue weighted by Gasteiger charge is 2.35. The van der Waals surface area contributed by atoms with E-state index in [1.165, 1.54) is 12.1 Å². The number of nitrogens with zero attached hydrogens (tertiary/aromatic N) is 2. The van der Waals surface area contributed by atoms with Crippen molar-refractivity contribution < 1.29 is 17.6 Å². The summed E-state index contributed by atoms with van der Waals surface area (Å²) in [6.45, 7) is 7.49. The molecule has 0 unspecified atom stereocenters. The predicted octanol–water partition coefficient (Wildman–Crippen LogP) is 2.20. The maximum atomic E-state index is 14.3. The average Bonchev–Trinajstić information content (AvgIpc) is 2.56. The van der Waals surface area contributed by atoms with Crippen LogP contribution in [-0.2, 0) is 6.18 Å². The zero-order valence-corrected chi connectivity index (χ0v) is 15.4. The number of nitrogen functional groups attached to an aromatic ring is 1. The summed E-state index contributed by atoms with van der Waals surface area (Å²) in [6, 6.07) is 3.44. The van der Waals surface area contributed by atoms with E-state index in [9.17, 15) is 27.2 Å². The number of nitrogens with two attached hydrogens (primary N) is 1. The standard InChI is InChI=1S/C17H15F4N3O2Si/c1-4-27(2,3)8-7-11-5-6-12(9-13(11)18)23-15(25)10-14(17(19,20)21)24(22)16(23)26/h4-6,9-10H,1,22H2,2-3H3. The molecule has 0 fully saturated rings. The Labute approximate surface area is 152 Å². The van der Waals surface area contributed by atoms with Gasteiger partial charge in [-0.2, -0.15) is 13.2 Å². The van der Waals surface area contributed by atoms with E-state index in [1.54, 1.807) is 5.70 Å². The van der Waals surface area contributed by atoms with E-state index >= 15 is 0 Å². The first-order valence-corrected chi connectivity index (χ1v) is 10.6. The summed E-state index contributed by atoms with van der Waals surface area (Å²) in [4.78, 5) is 24.1. The van der Waals surface area contributed by atoms with Crippen LogP contribution in [-0.4, -0.2) is 17.3 Å². The largest absolute Gasteiger partial charge is 0.433 e. The van der Waals surface area contributed by atoms with Crippen molar-refractivity contribution in [2.75, 3.05) is 5.84 Å². The third-order valence-electron chi connectivity index (χ3n) is 3.67. The lowest BCUT2D eigenvalue weighted by molar-refractivity contribution is -0.143. The van der Waals surface area contributed by atoms with Crippen molar-refractivity contribution in [2.24, 2.45) is 0 Å². The van der Waals surface area contributed by atoms with Gasteiger partial charge in [-0.15, -0.1) is 12.1 Å². The summed E-state index contributed by atoms with van der Waals surface area (Å²) in [6.07, 6.45) is -4.99. The highest BCUT2D eigenvalue weighted by Crippen LogP contribution is 2.26. The summed E-state index contributed by atoms with van der Waals surface area (Å²) in [5.41, 5.74) is 0.0732. The maximum absolute atomic E-state index is 14.3. The molecule has 142 valence electrons. The summed E-state index contributed by atoms with van der Waals surface area (Å²) in [5.74, 6) is 7.00. The Hall–Kier alpha value is -3.06. The lowest BCUT2D eigenvalue weighted by atomic mass is 10.2. The summed E-state index contributed by atoms with van der Waals surface area (Å²) < 4.78 is 52.9. The van der Waals surface area contributed by atoms with E-state index in [0.29, 0.717) is 4.57 Å². The first-order valence-electron chi connectivity index (χ1n) is 7.55. The highest BCUT2D eigenvalue weighted by atomic mass is 28.3. The van der Waals surface area contributed by atoms with Gasteiger partial charge in [0, 0.05) is 6.07 Å². The van der Waals surface area contributed by atoms with Gasteiger partial charge in [0.25, 0.3) is 5.56 Å². The van der Waals surface area contributed by atoms with Crippen LogP contribution in [0.5, 0.6) is 0 Å². The van der Waals surface area contributed by atoms with Crippen LogP contribution in [0.1, 0.15) is 11.3 Å². The van der Waals surface area contributed by atoms with Gasteiger partial charge < -0.3 is 5.84 Å². The molecule has 1 aromatic heterocycles. The second kappa shape index (κ2) is 6.92.